The molecule has 2 nitrogen and oxygen atoms in total. The first kappa shape index (κ1) is 4.91. The van der Waals surface area contributed by atoms with Gasteiger partial charge in [-0.15, -0.1) is 11.6 Å². The van der Waals surface area contributed by atoms with Crippen molar-refractivity contribution < 1.29 is 4.84 Å². The lowest BCUT2D eigenvalue weighted by Gasteiger charge is -1.79. The molecule has 40 valence electrons. The third kappa shape index (κ3) is 1.06. The second-order valence-electron chi connectivity index (χ2n) is 1.37. The number of hydrogen-bond acceptors (Lipinski definition) is 2. The van der Waals surface area contributed by atoms with Crippen molar-refractivity contribution in [3.63, 3.8) is 0 Å². The quantitative estimate of drug-likeness (QED) is 0.472. The summed E-state index contributed by atoms with van der Waals surface area (Å²) < 4.78 is 0. The molecule has 0 aromatic heterocycles. The van der Waals surface area contributed by atoms with Crippen LogP contribution in [0.4, 0.5) is 0 Å². The van der Waals surface area contributed by atoms with Crippen molar-refractivity contribution in [3.05, 3.63) is 0 Å². The van der Waals surface area contributed by atoms with Gasteiger partial charge in [-0.05, 0) is 0 Å². The second kappa shape index (κ2) is 2.17. The summed E-state index contributed by atoms with van der Waals surface area (Å²) in [5.74, 6) is 0.514. The molecule has 1 heterocycles. The monoisotopic (exact) mass is 119 g/mol. The maximum atomic E-state index is 5.40. The highest BCUT2D eigenvalue weighted by Gasteiger charge is 2.03. The summed E-state index contributed by atoms with van der Waals surface area (Å²) in [7, 11) is 0. The van der Waals surface area contributed by atoms with E-state index in [1.165, 1.54) is 0 Å². The Labute approximate surface area is 47.1 Å². The zero-order valence-electron chi connectivity index (χ0n) is 3.85. The fraction of sp³-hybridized carbons (Fsp3) is 0.750. The Kier molecular flexibility index (Phi) is 1.52. The van der Waals surface area contributed by atoms with Crippen LogP contribution in [0.5, 0.6) is 0 Å². The van der Waals surface area contributed by atoms with Gasteiger partial charge in [-0.2, -0.15) is 0 Å². The highest BCUT2D eigenvalue weighted by molar-refractivity contribution is 6.28. The molecule has 0 saturated carbocycles. The van der Waals surface area contributed by atoms with Crippen molar-refractivity contribution in [2.24, 2.45) is 5.16 Å². The lowest BCUT2D eigenvalue weighted by atomic mass is 10.3. The number of halogens is 1. The first-order valence-electron chi connectivity index (χ1n) is 2.17. The highest BCUT2D eigenvalue weighted by atomic mass is 35.5. The minimum Gasteiger partial charge on any atom is -0.395 e. The van der Waals surface area contributed by atoms with E-state index in [0.29, 0.717) is 12.5 Å². The van der Waals surface area contributed by atoms with Crippen molar-refractivity contribution >= 4 is 17.3 Å². The summed E-state index contributed by atoms with van der Waals surface area (Å²) in [6.07, 6.45) is 0.906. The van der Waals surface area contributed by atoms with Crippen LogP contribution in [0.1, 0.15) is 6.42 Å². The van der Waals surface area contributed by atoms with Crippen LogP contribution in [-0.4, -0.2) is 18.2 Å². The van der Waals surface area contributed by atoms with Gasteiger partial charge in [0.1, 0.15) is 6.61 Å². The van der Waals surface area contributed by atoms with Crippen molar-refractivity contribution in [2.75, 3.05) is 12.5 Å². The first-order chi connectivity index (χ1) is 3.43. The van der Waals surface area contributed by atoms with Gasteiger partial charge in [0.25, 0.3) is 0 Å². The van der Waals surface area contributed by atoms with Gasteiger partial charge in [0.15, 0.2) is 0 Å². The molecule has 0 amide bonds. The van der Waals surface area contributed by atoms with E-state index >= 15 is 0 Å². The van der Waals surface area contributed by atoms with E-state index < -0.39 is 0 Å². The van der Waals surface area contributed by atoms with Gasteiger partial charge < -0.3 is 4.84 Å². The molecular formula is C4H6ClNO. The minimum absolute atomic E-state index is 0.514. The van der Waals surface area contributed by atoms with E-state index in [9.17, 15) is 0 Å². The Morgan fingerprint density at radius 2 is 2.71 bits per heavy atom. The van der Waals surface area contributed by atoms with E-state index in [4.69, 9.17) is 11.6 Å². The van der Waals surface area contributed by atoms with Crippen LogP contribution in [-0.2, 0) is 4.84 Å². The molecule has 0 saturated heterocycles. The van der Waals surface area contributed by atoms with E-state index in [0.717, 1.165) is 12.1 Å². The van der Waals surface area contributed by atoms with Gasteiger partial charge in [-0.3, -0.25) is 0 Å². The third-order valence-electron chi connectivity index (χ3n) is 0.830. The largest absolute Gasteiger partial charge is 0.395 e. The molecule has 1 rings (SSSR count). The Morgan fingerprint density at radius 1 is 1.86 bits per heavy atom. The van der Waals surface area contributed by atoms with E-state index in [1.807, 2.05) is 0 Å². The molecule has 7 heavy (non-hydrogen) atoms. The molecule has 0 bridgehead atoms. The number of alkyl halides is 1. The van der Waals surface area contributed by atoms with Crippen LogP contribution >= 0.6 is 11.6 Å². The van der Waals surface area contributed by atoms with Crippen molar-refractivity contribution in [1.82, 2.24) is 0 Å². The molecule has 0 aromatic rings. The molecular weight excluding hydrogens is 114 g/mol. The van der Waals surface area contributed by atoms with Crippen LogP contribution in [0.15, 0.2) is 5.16 Å². The van der Waals surface area contributed by atoms with Crippen LogP contribution in [0, 0.1) is 0 Å². The number of oxime groups is 1. The van der Waals surface area contributed by atoms with Crippen molar-refractivity contribution in [3.8, 4) is 0 Å². The van der Waals surface area contributed by atoms with Gasteiger partial charge in [-0.25, -0.2) is 0 Å². The maximum Gasteiger partial charge on any atom is 0.122 e. The average Bonchev–Trinajstić information content (AvgIpc) is 2.14. The lowest BCUT2D eigenvalue weighted by molar-refractivity contribution is 0.173. The number of nitrogens with zero attached hydrogens (tertiary/aromatic N) is 1. The van der Waals surface area contributed by atoms with Crippen molar-refractivity contribution in [2.45, 2.75) is 6.42 Å². The Hall–Kier alpha value is -0.240. The van der Waals surface area contributed by atoms with Crippen LogP contribution in [0.2, 0.25) is 0 Å². The number of rotatable bonds is 1. The summed E-state index contributed by atoms with van der Waals surface area (Å²) in [6.45, 7) is 0.710. The summed E-state index contributed by atoms with van der Waals surface area (Å²) in [4.78, 5) is 4.65. The normalized spacial score (nSPS) is 18.7. The third-order valence-corrected chi connectivity index (χ3v) is 1.14. The standard InChI is InChI=1S/C4H6ClNO/c5-3-4-1-2-7-6-4/h1-3H2. The zero-order chi connectivity index (χ0) is 5.11. The fourth-order valence-electron chi connectivity index (χ4n) is 0.437. The number of hydrogen-bond donors (Lipinski definition) is 0. The zero-order valence-corrected chi connectivity index (χ0v) is 4.61. The second-order valence-corrected chi connectivity index (χ2v) is 1.64. The Balaban J connectivity index is 2.36. The molecule has 0 aromatic carbocycles. The Bertz CT molecular complexity index is 91.7. The molecule has 0 atom stereocenters. The smallest absolute Gasteiger partial charge is 0.122 e. The van der Waals surface area contributed by atoms with E-state index in [-0.39, 0.29) is 0 Å². The molecule has 0 radical (unpaired) electrons. The van der Waals surface area contributed by atoms with Gasteiger partial charge in [0.2, 0.25) is 0 Å². The van der Waals surface area contributed by atoms with Crippen LogP contribution in [0.3, 0.4) is 0 Å². The molecule has 0 unspecified atom stereocenters. The predicted octanol–water partition coefficient (Wildman–Crippen LogP) is 1.00. The SMILES string of the molecule is ClCC1=NOCC1. The van der Waals surface area contributed by atoms with E-state index in [1.54, 1.807) is 0 Å². The van der Waals surface area contributed by atoms with Gasteiger partial charge in [0, 0.05) is 6.42 Å². The molecule has 0 fully saturated rings. The minimum atomic E-state index is 0.514. The summed E-state index contributed by atoms with van der Waals surface area (Å²) in [5, 5.41) is 3.64. The highest BCUT2D eigenvalue weighted by Crippen LogP contribution is 1.99. The summed E-state index contributed by atoms with van der Waals surface area (Å²) in [5.41, 5.74) is 0.960. The van der Waals surface area contributed by atoms with Gasteiger partial charge in [0.05, 0.1) is 11.6 Å². The maximum absolute atomic E-state index is 5.40. The molecule has 1 aliphatic heterocycles. The fourth-order valence-corrected chi connectivity index (χ4v) is 0.620. The summed E-state index contributed by atoms with van der Waals surface area (Å²) in [6, 6.07) is 0. The average molecular weight is 120 g/mol. The Morgan fingerprint density at radius 3 is 3.00 bits per heavy atom. The predicted molar refractivity (Wildman–Crippen MR) is 28.7 cm³/mol. The van der Waals surface area contributed by atoms with Crippen molar-refractivity contribution in [1.29, 1.82) is 0 Å². The topological polar surface area (TPSA) is 21.6 Å². The molecule has 1 aliphatic rings. The lowest BCUT2D eigenvalue weighted by Crippen LogP contribution is -1.93. The molecule has 3 heteroatoms. The van der Waals surface area contributed by atoms with Crippen LogP contribution in [0.25, 0.3) is 0 Å². The first-order valence-corrected chi connectivity index (χ1v) is 2.70. The van der Waals surface area contributed by atoms with Crippen LogP contribution < -0.4 is 0 Å². The molecule has 0 N–H and O–H groups in total. The van der Waals surface area contributed by atoms with Gasteiger partial charge in [-0.1, -0.05) is 5.16 Å². The summed E-state index contributed by atoms with van der Waals surface area (Å²) >= 11 is 5.40. The molecule has 0 aliphatic carbocycles. The van der Waals surface area contributed by atoms with Gasteiger partial charge >= 0.3 is 0 Å². The molecule has 0 spiro atoms. The van der Waals surface area contributed by atoms with E-state index in [2.05, 4.69) is 9.99 Å².